The van der Waals surface area contributed by atoms with Gasteiger partial charge in [-0.25, -0.2) is 0 Å². The second-order valence-electron chi connectivity index (χ2n) is 2.30. The predicted molar refractivity (Wildman–Crippen MR) is 54.8 cm³/mol. The van der Waals surface area contributed by atoms with E-state index in [-0.39, 0.29) is 11.7 Å². The first-order chi connectivity index (χ1) is 6.24. The molecule has 0 radical (unpaired) electrons. The van der Waals surface area contributed by atoms with E-state index in [0.717, 1.165) is 0 Å². The SMILES string of the molecule is O=C(/C=C/Br)Nc1ccccc1O. The fraction of sp³-hybridized carbons (Fsp3) is 0. The highest BCUT2D eigenvalue weighted by Gasteiger charge is 2.00. The molecule has 0 aliphatic rings. The molecule has 0 unspecified atom stereocenters. The van der Waals surface area contributed by atoms with Gasteiger partial charge in [0.15, 0.2) is 0 Å². The number of hydrogen-bond donors (Lipinski definition) is 2. The van der Waals surface area contributed by atoms with Gasteiger partial charge in [-0.3, -0.25) is 4.79 Å². The number of para-hydroxylation sites is 2. The second kappa shape index (κ2) is 4.67. The highest BCUT2D eigenvalue weighted by Crippen LogP contribution is 2.21. The number of rotatable bonds is 2. The van der Waals surface area contributed by atoms with Crippen molar-refractivity contribution in [2.45, 2.75) is 0 Å². The van der Waals surface area contributed by atoms with Crippen molar-refractivity contribution >= 4 is 27.5 Å². The molecule has 0 aromatic heterocycles. The molecule has 4 heteroatoms. The Kier molecular flexibility index (Phi) is 3.52. The summed E-state index contributed by atoms with van der Waals surface area (Å²) < 4.78 is 0. The number of phenolic OH excluding ortho intramolecular Hbond substituents is 1. The molecule has 1 amide bonds. The summed E-state index contributed by atoms with van der Waals surface area (Å²) in [6.45, 7) is 0. The summed E-state index contributed by atoms with van der Waals surface area (Å²) >= 11 is 2.98. The standard InChI is InChI=1S/C9H8BrNO2/c10-6-5-9(13)11-7-3-1-2-4-8(7)12/h1-6,12H,(H,11,13)/b6-5+. The molecule has 13 heavy (non-hydrogen) atoms. The van der Waals surface area contributed by atoms with E-state index in [1.54, 1.807) is 18.2 Å². The molecular formula is C9H8BrNO2. The molecular weight excluding hydrogens is 234 g/mol. The Morgan fingerprint density at radius 3 is 2.77 bits per heavy atom. The van der Waals surface area contributed by atoms with Gasteiger partial charge in [0.1, 0.15) is 5.75 Å². The number of carbonyl (C=O) groups excluding carboxylic acids is 1. The number of nitrogens with one attached hydrogen (secondary N) is 1. The summed E-state index contributed by atoms with van der Waals surface area (Å²) in [7, 11) is 0. The van der Waals surface area contributed by atoms with E-state index in [0.29, 0.717) is 5.69 Å². The molecule has 0 aliphatic carbocycles. The molecule has 0 fully saturated rings. The van der Waals surface area contributed by atoms with Gasteiger partial charge >= 0.3 is 0 Å². The molecule has 1 rings (SSSR count). The number of phenols is 1. The van der Waals surface area contributed by atoms with Crippen molar-refractivity contribution in [2.75, 3.05) is 5.32 Å². The van der Waals surface area contributed by atoms with Crippen molar-refractivity contribution in [2.24, 2.45) is 0 Å². The monoisotopic (exact) mass is 241 g/mol. The lowest BCUT2D eigenvalue weighted by Gasteiger charge is -2.03. The predicted octanol–water partition coefficient (Wildman–Crippen LogP) is 2.24. The van der Waals surface area contributed by atoms with Crippen LogP contribution in [0.3, 0.4) is 0 Å². The maximum absolute atomic E-state index is 11.0. The summed E-state index contributed by atoms with van der Waals surface area (Å²) in [4.78, 5) is 12.5. The minimum absolute atomic E-state index is 0.0545. The van der Waals surface area contributed by atoms with Gasteiger partial charge in [0.25, 0.3) is 0 Å². The van der Waals surface area contributed by atoms with Gasteiger partial charge in [0.05, 0.1) is 5.69 Å². The van der Waals surface area contributed by atoms with E-state index >= 15 is 0 Å². The van der Waals surface area contributed by atoms with E-state index < -0.39 is 0 Å². The highest BCUT2D eigenvalue weighted by molar-refractivity contribution is 9.11. The zero-order valence-corrected chi connectivity index (χ0v) is 8.28. The van der Waals surface area contributed by atoms with Crippen molar-refractivity contribution in [1.29, 1.82) is 0 Å². The maximum atomic E-state index is 11.0. The lowest BCUT2D eigenvalue weighted by atomic mass is 10.3. The molecule has 68 valence electrons. The average molecular weight is 242 g/mol. The Balaban J connectivity index is 2.74. The lowest BCUT2D eigenvalue weighted by Crippen LogP contribution is -2.07. The molecule has 2 N–H and O–H groups in total. The van der Waals surface area contributed by atoms with Crippen molar-refractivity contribution in [3.63, 3.8) is 0 Å². The number of amides is 1. The Labute approximate surface area is 84.2 Å². The zero-order chi connectivity index (χ0) is 9.68. The van der Waals surface area contributed by atoms with Crippen LogP contribution < -0.4 is 5.32 Å². The fourth-order valence-electron chi connectivity index (χ4n) is 0.811. The third-order valence-electron chi connectivity index (χ3n) is 1.38. The van der Waals surface area contributed by atoms with Crippen LogP contribution in [-0.2, 0) is 4.79 Å². The molecule has 0 bridgehead atoms. The first-order valence-corrected chi connectivity index (χ1v) is 4.51. The van der Waals surface area contributed by atoms with Crippen LogP contribution in [0.15, 0.2) is 35.3 Å². The Morgan fingerprint density at radius 1 is 1.46 bits per heavy atom. The highest BCUT2D eigenvalue weighted by atomic mass is 79.9. The van der Waals surface area contributed by atoms with Crippen molar-refractivity contribution in [1.82, 2.24) is 0 Å². The summed E-state index contributed by atoms with van der Waals surface area (Å²) in [5.74, 6) is -0.239. The Hall–Kier alpha value is -1.29. The van der Waals surface area contributed by atoms with Crippen LogP contribution in [0.2, 0.25) is 0 Å². The van der Waals surface area contributed by atoms with E-state index in [2.05, 4.69) is 21.2 Å². The van der Waals surface area contributed by atoms with E-state index in [4.69, 9.17) is 0 Å². The van der Waals surface area contributed by atoms with Gasteiger partial charge in [0.2, 0.25) is 5.91 Å². The smallest absolute Gasteiger partial charge is 0.248 e. The van der Waals surface area contributed by atoms with Gasteiger partial charge < -0.3 is 10.4 Å². The summed E-state index contributed by atoms with van der Waals surface area (Å²) in [6.07, 6.45) is 1.31. The molecule has 0 saturated heterocycles. The van der Waals surface area contributed by atoms with Crippen molar-refractivity contribution < 1.29 is 9.90 Å². The topological polar surface area (TPSA) is 49.3 Å². The normalized spacial score (nSPS) is 10.2. The Morgan fingerprint density at radius 2 is 2.15 bits per heavy atom. The number of aromatic hydroxyl groups is 1. The molecule has 0 spiro atoms. The molecule has 0 saturated carbocycles. The largest absolute Gasteiger partial charge is 0.506 e. The van der Waals surface area contributed by atoms with Crippen molar-refractivity contribution in [3.05, 3.63) is 35.3 Å². The second-order valence-corrected chi connectivity index (χ2v) is 2.83. The number of anilines is 1. The number of halogens is 1. The number of benzene rings is 1. The molecule has 3 nitrogen and oxygen atoms in total. The molecule has 0 heterocycles. The quantitative estimate of drug-likeness (QED) is 0.617. The lowest BCUT2D eigenvalue weighted by molar-refractivity contribution is -0.111. The van der Waals surface area contributed by atoms with Gasteiger partial charge in [-0.05, 0) is 17.1 Å². The van der Waals surface area contributed by atoms with Crippen molar-refractivity contribution in [3.8, 4) is 5.75 Å². The minimum Gasteiger partial charge on any atom is -0.506 e. The number of carbonyl (C=O) groups is 1. The first-order valence-electron chi connectivity index (χ1n) is 3.60. The fourth-order valence-corrected chi connectivity index (χ4v) is 1.05. The Bertz CT molecular complexity index is 336. The molecule has 1 aromatic rings. The third kappa shape index (κ3) is 2.91. The third-order valence-corrected chi connectivity index (χ3v) is 1.64. The van der Waals surface area contributed by atoms with Crippen LogP contribution in [0.25, 0.3) is 0 Å². The molecule has 0 atom stereocenters. The van der Waals surface area contributed by atoms with Crippen LogP contribution >= 0.6 is 15.9 Å². The summed E-state index contributed by atoms with van der Waals surface area (Å²) in [5.41, 5.74) is 0.401. The molecule has 1 aromatic carbocycles. The maximum Gasteiger partial charge on any atom is 0.248 e. The minimum atomic E-state index is -0.293. The van der Waals surface area contributed by atoms with Crippen LogP contribution in [0.4, 0.5) is 5.69 Å². The number of hydrogen-bond acceptors (Lipinski definition) is 2. The van der Waals surface area contributed by atoms with Crippen LogP contribution in [0.5, 0.6) is 5.75 Å². The summed E-state index contributed by atoms with van der Waals surface area (Å²) in [6, 6.07) is 6.54. The van der Waals surface area contributed by atoms with Crippen LogP contribution in [-0.4, -0.2) is 11.0 Å². The van der Waals surface area contributed by atoms with Gasteiger partial charge in [-0.15, -0.1) is 0 Å². The van der Waals surface area contributed by atoms with Crippen LogP contribution in [0.1, 0.15) is 0 Å². The van der Waals surface area contributed by atoms with E-state index in [1.807, 2.05) is 0 Å². The van der Waals surface area contributed by atoms with Gasteiger partial charge in [-0.2, -0.15) is 0 Å². The zero-order valence-electron chi connectivity index (χ0n) is 6.70. The summed E-state index contributed by atoms with van der Waals surface area (Å²) in [5, 5.41) is 11.8. The van der Waals surface area contributed by atoms with Gasteiger partial charge in [0, 0.05) is 6.08 Å². The van der Waals surface area contributed by atoms with E-state index in [1.165, 1.54) is 17.1 Å². The first kappa shape index (κ1) is 9.80. The van der Waals surface area contributed by atoms with Gasteiger partial charge in [-0.1, -0.05) is 28.1 Å². The van der Waals surface area contributed by atoms with Crippen LogP contribution in [0, 0.1) is 0 Å². The van der Waals surface area contributed by atoms with E-state index in [9.17, 15) is 9.90 Å². The molecule has 0 aliphatic heterocycles. The average Bonchev–Trinajstić information content (AvgIpc) is 2.09.